The van der Waals surface area contributed by atoms with E-state index in [1.165, 1.54) is 11.8 Å². The van der Waals surface area contributed by atoms with Gasteiger partial charge in [-0.1, -0.05) is 17.8 Å². The first-order chi connectivity index (χ1) is 12.2. The number of thioether (sulfide) groups is 1. The first kappa shape index (κ1) is 16.8. The highest BCUT2D eigenvalue weighted by atomic mass is 32.2. The molecule has 3 heterocycles. The van der Waals surface area contributed by atoms with Crippen LogP contribution in [0.15, 0.2) is 59.3 Å². The van der Waals surface area contributed by atoms with Crippen LogP contribution in [-0.2, 0) is 11.8 Å². The summed E-state index contributed by atoms with van der Waals surface area (Å²) >= 11 is 1.29. The molecule has 8 nitrogen and oxygen atoms in total. The largest absolute Gasteiger partial charge is 0.305 e. The monoisotopic (exact) mass is 353 g/mol. The molecule has 3 aromatic heterocycles. The van der Waals surface area contributed by atoms with Crippen LogP contribution in [0, 0.1) is 0 Å². The van der Waals surface area contributed by atoms with Gasteiger partial charge in [0.1, 0.15) is 0 Å². The topological polar surface area (TPSA) is 98.0 Å². The molecule has 1 amide bonds. The Labute approximate surface area is 148 Å². The average Bonchev–Trinajstić information content (AvgIpc) is 3.02. The molecule has 0 bridgehead atoms. The zero-order valence-electron chi connectivity index (χ0n) is 13.4. The van der Waals surface area contributed by atoms with Crippen molar-refractivity contribution >= 4 is 23.9 Å². The first-order valence-corrected chi connectivity index (χ1v) is 8.37. The molecule has 0 spiro atoms. The fourth-order valence-electron chi connectivity index (χ4n) is 1.99. The lowest BCUT2D eigenvalue weighted by molar-refractivity contribution is -0.118. The minimum absolute atomic E-state index is 0.187. The van der Waals surface area contributed by atoms with Crippen molar-refractivity contribution in [3.63, 3.8) is 0 Å². The van der Waals surface area contributed by atoms with Crippen LogP contribution in [0.5, 0.6) is 0 Å². The standard InChI is InChI=1S/C16H15N7OS/c1-23-15(13-4-7-17-8-5-13)21-22-16(23)25-11-14(24)20-19-10-12-3-2-6-18-9-12/h2-10H,11H2,1H3,(H,20,24)/b19-10+. The van der Waals surface area contributed by atoms with Crippen molar-refractivity contribution in [2.45, 2.75) is 5.16 Å². The van der Waals surface area contributed by atoms with Gasteiger partial charge in [0.05, 0.1) is 12.0 Å². The van der Waals surface area contributed by atoms with E-state index in [0.717, 1.165) is 17.0 Å². The molecule has 0 aliphatic heterocycles. The maximum Gasteiger partial charge on any atom is 0.250 e. The highest BCUT2D eigenvalue weighted by Gasteiger charge is 2.12. The lowest BCUT2D eigenvalue weighted by atomic mass is 10.2. The van der Waals surface area contributed by atoms with E-state index in [-0.39, 0.29) is 11.7 Å². The molecule has 25 heavy (non-hydrogen) atoms. The molecule has 0 saturated carbocycles. The van der Waals surface area contributed by atoms with E-state index < -0.39 is 0 Å². The van der Waals surface area contributed by atoms with Crippen LogP contribution in [0.3, 0.4) is 0 Å². The zero-order chi connectivity index (χ0) is 17.5. The van der Waals surface area contributed by atoms with Crippen molar-refractivity contribution in [2.24, 2.45) is 12.1 Å². The number of nitrogens with zero attached hydrogens (tertiary/aromatic N) is 6. The number of rotatable bonds is 6. The maximum atomic E-state index is 11.9. The Hall–Kier alpha value is -3.07. The second kappa shape index (κ2) is 8.15. The number of pyridine rings is 2. The SMILES string of the molecule is Cn1c(SCC(=O)N/N=C/c2cccnc2)nnc1-c1ccncc1. The van der Waals surface area contributed by atoms with E-state index in [4.69, 9.17) is 0 Å². The molecule has 0 aliphatic rings. The molecule has 0 fully saturated rings. The summed E-state index contributed by atoms with van der Waals surface area (Å²) in [5, 5.41) is 12.8. The predicted octanol–water partition coefficient (Wildman–Crippen LogP) is 1.51. The van der Waals surface area contributed by atoms with E-state index in [1.807, 2.05) is 29.8 Å². The van der Waals surface area contributed by atoms with Crippen molar-refractivity contribution in [3.8, 4) is 11.4 Å². The van der Waals surface area contributed by atoms with Gasteiger partial charge in [0.15, 0.2) is 11.0 Å². The van der Waals surface area contributed by atoms with Gasteiger partial charge in [-0.25, -0.2) is 5.43 Å². The van der Waals surface area contributed by atoms with Crippen molar-refractivity contribution in [1.29, 1.82) is 0 Å². The molecule has 0 aromatic carbocycles. The second-order valence-corrected chi connectivity index (χ2v) is 5.91. The normalized spacial score (nSPS) is 10.9. The molecule has 0 radical (unpaired) electrons. The van der Waals surface area contributed by atoms with Gasteiger partial charge in [0.2, 0.25) is 0 Å². The Kier molecular flexibility index (Phi) is 5.47. The number of aromatic nitrogens is 5. The minimum atomic E-state index is -0.224. The fraction of sp³-hybridized carbons (Fsp3) is 0.125. The van der Waals surface area contributed by atoms with Gasteiger partial charge in [-0.15, -0.1) is 10.2 Å². The molecule has 126 valence electrons. The number of carbonyl (C=O) groups is 1. The second-order valence-electron chi connectivity index (χ2n) is 4.97. The van der Waals surface area contributed by atoms with Gasteiger partial charge in [-0.2, -0.15) is 5.10 Å². The molecule has 3 rings (SSSR count). The van der Waals surface area contributed by atoms with Crippen molar-refractivity contribution in [3.05, 3.63) is 54.6 Å². The summed E-state index contributed by atoms with van der Waals surface area (Å²) in [6, 6.07) is 7.36. The van der Waals surface area contributed by atoms with Crippen molar-refractivity contribution in [1.82, 2.24) is 30.2 Å². The third-order valence-corrected chi connectivity index (χ3v) is 4.21. The van der Waals surface area contributed by atoms with Crippen LogP contribution in [0.2, 0.25) is 0 Å². The van der Waals surface area contributed by atoms with Crippen LogP contribution >= 0.6 is 11.8 Å². The lowest BCUT2D eigenvalue weighted by Crippen LogP contribution is -2.19. The minimum Gasteiger partial charge on any atom is -0.305 e. The van der Waals surface area contributed by atoms with Gasteiger partial charge in [0, 0.05) is 43.0 Å². The van der Waals surface area contributed by atoms with Gasteiger partial charge < -0.3 is 4.57 Å². The maximum absolute atomic E-state index is 11.9. The lowest BCUT2D eigenvalue weighted by Gasteiger charge is -2.03. The summed E-state index contributed by atoms with van der Waals surface area (Å²) in [6.07, 6.45) is 8.27. The quantitative estimate of drug-likeness (QED) is 0.410. The van der Waals surface area contributed by atoms with Gasteiger partial charge >= 0.3 is 0 Å². The van der Waals surface area contributed by atoms with Crippen LogP contribution in [0.25, 0.3) is 11.4 Å². The molecule has 0 unspecified atom stereocenters. The Morgan fingerprint density at radius 1 is 1.24 bits per heavy atom. The number of hydrogen-bond donors (Lipinski definition) is 1. The highest BCUT2D eigenvalue weighted by molar-refractivity contribution is 7.99. The number of amides is 1. The number of hydrazone groups is 1. The van der Waals surface area contributed by atoms with E-state index in [1.54, 1.807) is 37.1 Å². The Balaban J connectivity index is 1.54. The summed E-state index contributed by atoms with van der Waals surface area (Å²) in [5.74, 6) is 0.686. The van der Waals surface area contributed by atoms with Crippen LogP contribution in [-0.4, -0.2) is 42.6 Å². The Morgan fingerprint density at radius 2 is 2.08 bits per heavy atom. The Morgan fingerprint density at radius 3 is 2.84 bits per heavy atom. The summed E-state index contributed by atoms with van der Waals surface area (Å²) in [4.78, 5) is 19.8. The molecule has 0 atom stereocenters. The van der Waals surface area contributed by atoms with E-state index in [0.29, 0.717) is 5.16 Å². The predicted molar refractivity (Wildman–Crippen MR) is 94.9 cm³/mol. The fourth-order valence-corrected chi connectivity index (χ4v) is 2.69. The zero-order valence-corrected chi connectivity index (χ0v) is 14.2. The summed E-state index contributed by atoms with van der Waals surface area (Å²) in [6.45, 7) is 0. The molecule has 0 aliphatic carbocycles. The summed E-state index contributed by atoms with van der Waals surface area (Å²) in [7, 11) is 1.86. The number of nitrogens with one attached hydrogen (secondary N) is 1. The molecule has 3 aromatic rings. The highest BCUT2D eigenvalue weighted by Crippen LogP contribution is 2.21. The van der Waals surface area contributed by atoms with Gasteiger partial charge in [0.25, 0.3) is 5.91 Å². The van der Waals surface area contributed by atoms with Gasteiger partial charge in [-0.05, 0) is 18.2 Å². The Bertz CT molecular complexity index is 865. The summed E-state index contributed by atoms with van der Waals surface area (Å²) in [5.41, 5.74) is 4.21. The number of hydrogen-bond acceptors (Lipinski definition) is 7. The van der Waals surface area contributed by atoms with E-state index >= 15 is 0 Å². The first-order valence-electron chi connectivity index (χ1n) is 7.38. The van der Waals surface area contributed by atoms with Gasteiger partial charge in [-0.3, -0.25) is 14.8 Å². The molecule has 1 N–H and O–H groups in total. The third kappa shape index (κ3) is 4.48. The molecular formula is C16H15N7OS. The molecule has 9 heteroatoms. The molecule has 0 saturated heterocycles. The third-order valence-electron chi connectivity index (χ3n) is 3.19. The smallest absolute Gasteiger partial charge is 0.250 e. The average molecular weight is 353 g/mol. The van der Waals surface area contributed by atoms with Crippen molar-refractivity contribution < 1.29 is 4.79 Å². The van der Waals surface area contributed by atoms with Crippen LogP contribution in [0.4, 0.5) is 0 Å². The van der Waals surface area contributed by atoms with Crippen LogP contribution in [0.1, 0.15) is 5.56 Å². The van der Waals surface area contributed by atoms with E-state index in [2.05, 4.69) is 30.7 Å². The van der Waals surface area contributed by atoms with Crippen molar-refractivity contribution in [2.75, 3.05) is 5.75 Å². The molecular weight excluding hydrogens is 338 g/mol. The summed E-state index contributed by atoms with van der Waals surface area (Å²) < 4.78 is 1.84. The number of carbonyl (C=O) groups excluding carboxylic acids is 1. The van der Waals surface area contributed by atoms with E-state index in [9.17, 15) is 4.79 Å². The van der Waals surface area contributed by atoms with Crippen LogP contribution < -0.4 is 5.43 Å².